The molecular weight excluding hydrogens is 168 g/mol. The molecule has 1 heterocycles. The minimum absolute atomic E-state index is 0.206. The molecule has 4 nitrogen and oxygen atoms in total. The molecule has 0 aromatic carbocycles. The summed E-state index contributed by atoms with van der Waals surface area (Å²) in [6.45, 7) is 0. The number of ether oxygens (including phenoxy) is 1. The summed E-state index contributed by atoms with van der Waals surface area (Å²) < 4.78 is 6.60. The molecule has 70 valence electrons. The molecule has 2 rings (SSSR count). The Bertz CT molecular complexity index is 380. The molecular formula is C9H12N2O2. The van der Waals surface area contributed by atoms with E-state index in [1.165, 1.54) is 4.57 Å². The van der Waals surface area contributed by atoms with Gasteiger partial charge in [0.05, 0.1) is 19.0 Å². The summed E-state index contributed by atoms with van der Waals surface area (Å²) in [5, 5.41) is 0. The Morgan fingerprint density at radius 2 is 2.31 bits per heavy atom. The minimum Gasteiger partial charge on any atom is -0.493 e. The third kappa shape index (κ3) is 1.43. The van der Waals surface area contributed by atoms with Crippen molar-refractivity contribution in [3.05, 3.63) is 22.4 Å². The van der Waals surface area contributed by atoms with Gasteiger partial charge in [-0.25, -0.2) is 4.79 Å². The van der Waals surface area contributed by atoms with Gasteiger partial charge in [0.2, 0.25) is 0 Å². The molecule has 0 radical (unpaired) electrons. The molecule has 0 spiro atoms. The van der Waals surface area contributed by atoms with Crippen LogP contribution in [-0.2, 0) is 7.05 Å². The Hall–Kier alpha value is -1.32. The summed E-state index contributed by atoms with van der Waals surface area (Å²) in [6, 6.07) is 0. The van der Waals surface area contributed by atoms with Crippen LogP contribution in [0.4, 0.5) is 0 Å². The lowest BCUT2D eigenvalue weighted by molar-refractivity contribution is 0.400. The van der Waals surface area contributed by atoms with E-state index in [0.29, 0.717) is 5.92 Å². The number of nitrogens with zero attached hydrogens (tertiary/aromatic N) is 2. The van der Waals surface area contributed by atoms with Crippen molar-refractivity contribution in [1.82, 2.24) is 9.55 Å². The van der Waals surface area contributed by atoms with E-state index >= 15 is 0 Å². The third-order valence-corrected chi connectivity index (χ3v) is 2.27. The summed E-state index contributed by atoms with van der Waals surface area (Å²) in [4.78, 5) is 15.2. The van der Waals surface area contributed by atoms with Crippen LogP contribution in [-0.4, -0.2) is 16.7 Å². The highest BCUT2D eigenvalue weighted by Gasteiger charge is 2.28. The molecule has 0 aliphatic heterocycles. The molecule has 1 aliphatic rings. The van der Waals surface area contributed by atoms with Gasteiger partial charge in [-0.1, -0.05) is 0 Å². The predicted octanol–water partition coefficient (Wildman–Crippen LogP) is 0.666. The molecule has 4 heteroatoms. The summed E-state index contributed by atoms with van der Waals surface area (Å²) in [5.74, 6) is 1.17. The van der Waals surface area contributed by atoms with Crippen LogP contribution in [0.15, 0.2) is 11.0 Å². The number of hydrogen-bond donors (Lipinski definition) is 0. The second-order valence-electron chi connectivity index (χ2n) is 3.36. The van der Waals surface area contributed by atoms with Crippen LogP contribution >= 0.6 is 0 Å². The lowest BCUT2D eigenvalue weighted by Gasteiger charge is -2.06. The van der Waals surface area contributed by atoms with Crippen LogP contribution in [0.2, 0.25) is 0 Å². The van der Waals surface area contributed by atoms with E-state index in [4.69, 9.17) is 4.74 Å². The molecule has 0 unspecified atom stereocenters. The SMILES string of the molecule is COc1cn(C)c(=O)nc1C1CC1. The number of hydrogen-bond acceptors (Lipinski definition) is 3. The van der Waals surface area contributed by atoms with Gasteiger partial charge in [0.15, 0.2) is 5.75 Å². The summed E-state index contributed by atoms with van der Waals surface area (Å²) >= 11 is 0. The lowest BCUT2D eigenvalue weighted by atomic mass is 10.2. The maximum absolute atomic E-state index is 11.2. The Labute approximate surface area is 76.2 Å². The first-order chi connectivity index (χ1) is 6.22. The zero-order chi connectivity index (χ0) is 9.42. The van der Waals surface area contributed by atoms with Crippen molar-refractivity contribution >= 4 is 0 Å². The monoisotopic (exact) mass is 180 g/mol. The van der Waals surface area contributed by atoms with Gasteiger partial charge in [-0.3, -0.25) is 4.57 Å². The molecule has 1 aromatic heterocycles. The summed E-state index contributed by atoms with van der Waals surface area (Å²) in [5.41, 5.74) is 0.619. The first-order valence-corrected chi connectivity index (χ1v) is 4.34. The molecule has 0 bridgehead atoms. The van der Waals surface area contributed by atoms with Gasteiger partial charge >= 0.3 is 5.69 Å². The van der Waals surface area contributed by atoms with Crippen LogP contribution in [0.5, 0.6) is 5.75 Å². The minimum atomic E-state index is -0.206. The molecule has 0 N–H and O–H groups in total. The zero-order valence-electron chi connectivity index (χ0n) is 7.78. The molecule has 1 saturated carbocycles. The zero-order valence-corrected chi connectivity index (χ0v) is 7.78. The van der Waals surface area contributed by atoms with Gasteiger partial charge in [-0.05, 0) is 12.8 Å². The van der Waals surface area contributed by atoms with Crippen molar-refractivity contribution < 1.29 is 4.74 Å². The molecule has 1 aromatic rings. The number of rotatable bonds is 2. The third-order valence-electron chi connectivity index (χ3n) is 2.27. The molecule has 1 aliphatic carbocycles. The van der Waals surface area contributed by atoms with Gasteiger partial charge < -0.3 is 4.74 Å². The molecule has 13 heavy (non-hydrogen) atoms. The fraction of sp³-hybridized carbons (Fsp3) is 0.556. The van der Waals surface area contributed by atoms with E-state index in [0.717, 1.165) is 24.3 Å². The number of aromatic nitrogens is 2. The van der Waals surface area contributed by atoms with Gasteiger partial charge in [-0.2, -0.15) is 4.98 Å². The fourth-order valence-corrected chi connectivity index (χ4v) is 1.34. The standard InChI is InChI=1S/C9H12N2O2/c1-11-5-7(13-2)8(6-3-4-6)10-9(11)12/h5-6H,3-4H2,1-2H3. The van der Waals surface area contributed by atoms with Crippen molar-refractivity contribution in [3.63, 3.8) is 0 Å². The number of aryl methyl sites for hydroxylation is 1. The molecule has 0 saturated heterocycles. The first kappa shape index (κ1) is 8.29. The summed E-state index contributed by atoms with van der Waals surface area (Å²) in [6.07, 6.45) is 3.94. The first-order valence-electron chi connectivity index (χ1n) is 4.34. The maximum atomic E-state index is 11.2. The maximum Gasteiger partial charge on any atom is 0.347 e. The van der Waals surface area contributed by atoms with E-state index in [-0.39, 0.29) is 5.69 Å². The topological polar surface area (TPSA) is 44.1 Å². The van der Waals surface area contributed by atoms with Crippen LogP contribution in [0.1, 0.15) is 24.5 Å². The molecule has 1 fully saturated rings. The number of methoxy groups -OCH3 is 1. The molecule has 0 amide bonds. The van der Waals surface area contributed by atoms with Crippen LogP contribution < -0.4 is 10.4 Å². The quantitative estimate of drug-likeness (QED) is 0.671. The van der Waals surface area contributed by atoms with E-state index in [1.807, 2.05) is 0 Å². The van der Waals surface area contributed by atoms with Gasteiger partial charge in [-0.15, -0.1) is 0 Å². The molecule has 0 atom stereocenters. The van der Waals surface area contributed by atoms with E-state index in [1.54, 1.807) is 20.4 Å². The van der Waals surface area contributed by atoms with E-state index in [2.05, 4.69) is 4.98 Å². The smallest absolute Gasteiger partial charge is 0.347 e. The van der Waals surface area contributed by atoms with Crippen molar-refractivity contribution in [3.8, 4) is 5.75 Å². The fourth-order valence-electron chi connectivity index (χ4n) is 1.34. The Balaban J connectivity index is 2.52. The summed E-state index contributed by atoms with van der Waals surface area (Å²) in [7, 11) is 3.28. The second kappa shape index (κ2) is 2.87. The van der Waals surface area contributed by atoms with Gasteiger partial charge in [0, 0.05) is 13.0 Å². The van der Waals surface area contributed by atoms with Gasteiger partial charge in [0.25, 0.3) is 0 Å². The van der Waals surface area contributed by atoms with Gasteiger partial charge in [0.1, 0.15) is 0 Å². The van der Waals surface area contributed by atoms with E-state index < -0.39 is 0 Å². The largest absolute Gasteiger partial charge is 0.493 e. The average molecular weight is 180 g/mol. The van der Waals surface area contributed by atoms with Crippen LogP contribution in [0.3, 0.4) is 0 Å². The average Bonchev–Trinajstić information content (AvgIpc) is 2.92. The second-order valence-corrected chi connectivity index (χ2v) is 3.36. The van der Waals surface area contributed by atoms with Crippen LogP contribution in [0, 0.1) is 0 Å². The van der Waals surface area contributed by atoms with Crippen molar-refractivity contribution in [2.75, 3.05) is 7.11 Å². The highest BCUT2D eigenvalue weighted by Crippen LogP contribution is 2.42. The van der Waals surface area contributed by atoms with Crippen molar-refractivity contribution in [1.29, 1.82) is 0 Å². The normalized spacial score (nSPS) is 15.8. The van der Waals surface area contributed by atoms with Crippen molar-refractivity contribution in [2.45, 2.75) is 18.8 Å². The predicted molar refractivity (Wildman–Crippen MR) is 48.0 cm³/mol. The highest BCUT2D eigenvalue weighted by atomic mass is 16.5. The van der Waals surface area contributed by atoms with Crippen LogP contribution in [0.25, 0.3) is 0 Å². The highest BCUT2D eigenvalue weighted by molar-refractivity contribution is 5.30. The Kier molecular flexibility index (Phi) is 1.83. The lowest BCUT2D eigenvalue weighted by Crippen LogP contribution is -2.21. The van der Waals surface area contributed by atoms with Crippen molar-refractivity contribution in [2.24, 2.45) is 7.05 Å². The Morgan fingerprint density at radius 3 is 2.85 bits per heavy atom. The Morgan fingerprint density at radius 1 is 1.62 bits per heavy atom. The van der Waals surface area contributed by atoms with E-state index in [9.17, 15) is 4.79 Å².